The molecule has 3 aromatic carbocycles. The molecule has 21 heavy (non-hydrogen) atoms. The third kappa shape index (κ3) is 1.76. The molecule has 1 aliphatic rings. The molecule has 102 valence electrons. The number of allylic oxidation sites excluding steroid dienone is 2. The normalized spacial score (nSPS) is 17.3. The summed E-state index contributed by atoms with van der Waals surface area (Å²) in [4.78, 5) is 0. The second-order valence-electron chi connectivity index (χ2n) is 5.90. The van der Waals surface area contributed by atoms with Gasteiger partial charge in [-0.3, -0.25) is 0 Å². The number of hydrogen-bond acceptors (Lipinski definition) is 0. The van der Waals surface area contributed by atoms with Gasteiger partial charge in [0, 0.05) is 5.92 Å². The van der Waals surface area contributed by atoms with Crippen LogP contribution in [0, 0.1) is 0 Å². The number of hydrogen-bond donors (Lipinski definition) is 0. The first-order valence-corrected chi connectivity index (χ1v) is 7.51. The predicted octanol–water partition coefficient (Wildman–Crippen LogP) is 5.78. The second kappa shape index (κ2) is 4.60. The van der Waals surface area contributed by atoms with E-state index >= 15 is 0 Å². The lowest BCUT2D eigenvalue weighted by atomic mass is 9.86. The summed E-state index contributed by atoms with van der Waals surface area (Å²) in [5.74, 6) is 0.396. The first-order valence-electron chi connectivity index (χ1n) is 7.51. The van der Waals surface area contributed by atoms with Gasteiger partial charge in [-0.25, -0.2) is 0 Å². The van der Waals surface area contributed by atoms with E-state index in [2.05, 4.69) is 80.6 Å². The predicted molar refractivity (Wildman–Crippen MR) is 90.5 cm³/mol. The highest BCUT2D eigenvalue weighted by molar-refractivity contribution is 5.89. The molecule has 0 N–H and O–H groups in total. The molecule has 0 fully saturated rings. The van der Waals surface area contributed by atoms with E-state index < -0.39 is 0 Å². The summed E-state index contributed by atoms with van der Waals surface area (Å²) in [6.07, 6.45) is 0. The molecule has 0 heterocycles. The van der Waals surface area contributed by atoms with Gasteiger partial charge in [-0.15, -0.1) is 0 Å². The van der Waals surface area contributed by atoms with Crippen molar-refractivity contribution in [2.24, 2.45) is 0 Å². The zero-order valence-corrected chi connectivity index (χ0v) is 12.4. The minimum absolute atomic E-state index is 0.396. The van der Waals surface area contributed by atoms with Crippen molar-refractivity contribution in [2.75, 3.05) is 0 Å². The fraction of sp³-hybridized carbons (Fsp3) is 0.143. The third-order valence-electron chi connectivity index (χ3n) is 4.83. The van der Waals surface area contributed by atoms with Gasteiger partial charge in [0.25, 0.3) is 0 Å². The maximum atomic E-state index is 2.28. The molecule has 0 aromatic heterocycles. The Morgan fingerprint density at radius 1 is 0.667 bits per heavy atom. The summed E-state index contributed by atoms with van der Waals surface area (Å²) < 4.78 is 0. The maximum absolute atomic E-state index is 2.28. The third-order valence-corrected chi connectivity index (χ3v) is 4.83. The molecule has 0 spiro atoms. The van der Waals surface area contributed by atoms with Gasteiger partial charge in [-0.05, 0) is 46.9 Å². The van der Waals surface area contributed by atoms with Crippen molar-refractivity contribution >= 4 is 16.3 Å². The largest absolute Gasteiger partial charge is 0.0619 e. The molecule has 0 saturated carbocycles. The van der Waals surface area contributed by atoms with E-state index in [4.69, 9.17) is 0 Å². The van der Waals surface area contributed by atoms with Gasteiger partial charge in [0.2, 0.25) is 0 Å². The van der Waals surface area contributed by atoms with Gasteiger partial charge in [0.05, 0.1) is 0 Å². The quantitative estimate of drug-likeness (QED) is 0.526. The van der Waals surface area contributed by atoms with Gasteiger partial charge < -0.3 is 0 Å². The fourth-order valence-corrected chi connectivity index (χ4v) is 3.66. The van der Waals surface area contributed by atoms with E-state index in [0.29, 0.717) is 5.92 Å². The Bertz CT molecular complexity index is 863. The van der Waals surface area contributed by atoms with Crippen molar-refractivity contribution in [3.63, 3.8) is 0 Å². The highest BCUT2D eigenvalue weighted by Crippen LogP contribution is 2.46. The SMILES string of the molecule is CC1=C(C)C(c2cccc3ccccc23)c2ccccc21. The Kier molecular flexibility index (Phi) is 2.71. The molecule has 0 bridgehead atoms. The average Bonchev–Trinajstić information content (AvgIpc) is 2.79. The molecule has 4 rings (SSSR count). The van der Waals surface area contributed by atoms with Crippen LogP contribution < -0.4 is 0 Å². The minimum atomic E-state index is 0.396. The van der Waals surface area contributed by atoms with Crippen LogP contribution in [0.3, 0.4) is 0 Å². The molecule has 1 aliphatic carbocycles. The Labute approximate surface area is 125 Å². The zero-order valence-electron chi connectivity index (χ0n) is 12.4. The van der Waals surface area contributed by atoms with Crippen molar-refractivity contribution in [3.05, 3.63) is 89.0 Å². The van der Waals surface area contributed by atoms with E-state index in [9.17, 15) is 0 Å². The van der Waals surface area contributed by atoms with Crippen LogP contribution in [0.2, 0.25) is 0 Å². The van der Waals surface area contributed by atoms with Crippen LogP contribution in [0.25, 0.3) is 16.3 Å². The van der Waals surface area contributed by atoms with E-state index in [1.807, 2.05) is 0 Å². The minimum Gasteiger partial charge on any atom is -0.0619 e. The zero-order chi connectivity index (χ0) is 14.4. The van der Waals surface area contributed by atoms with Crippen LogP contribution >= 0.6 is 0 Å². The van der Waals surface area contributed by atoms with E-state index in [0.717, 1.165) is 0 Å². The first-order chi connectivity index (χ1) is 10.3. The summed E-state index contributed by atoms with van der Waals surface area (Å²) in [6.45, 7) is 4.53. The van der Waals surface area contributed by atoms with Crippen molar-refractivity contribution < 1.29 is 0 Å². The molecular formula is C21H18. The van der Waals surface area contributed by atoms with Gasteiger partial charge >= 0.3 is 0 Å². The van der Waals surface area contributed by atoms with Crippen LogP contribution in [0.15, 0.2) is 72.3 Å². The Balaban J connectivity index is 2.02. The van der Waals surface area contributed by atoms with Crippen molar-refractivity contribution in [3.8, 4) is 0 Å². The molecule has 3 aromatic rings. The van der Waals surface area contributed by atoms with Gasteiger partial charge in [-0.2, -0.15) is 0 Å². The fourth-order valence-electron chi connectivity index (χ4n) is 3.66. The standard InChI is InChI=1S/C21H18/c1-14-15(2)21(19-12-6-5-10-17(14)19)20-13-7-9-16-8-3-4-11-18(16)20/h3-13,21H,1-2H3. The van der Waals surface area contributed by atoms with E-state index in [-0.39, 0.29) is 0 Å². The highest BCUT2D eigenvalue weighted by atomic mass is 14.3. The summed E-state index contributed by atoms with van der Waals surface area (Å²) in [6, 6.07) is 24.2. The van der Waals surface area contributed by atoms with Crippen molar-refractivity contribution in [2.45, 2.75) is 19.8 Å². The summed E-state index contributed by atoms with van der Waals surface area (Å²) in [5.41, 5.74) is 7.20. The Hall–Kier alpha value is -2.34. The summed E-state index contributed by atoms with van der Waals surface area (Å²) >= 11 is 0. The van der Waals surface area contributed by atoms with Crippen LogP contribution in [0.5, 0.6) is 0 Å². The van der Waals surface area contributed by atoms with Gasteiger partial charge in [0.1, 0.15) is 0 Å². The molecule has 0 heteroatoms. The van der Waals surface area contributed by atoms with E-state index in [1.54, 1.807) is 0 Å². The molecule has 0 radical (unpaired) electrons. The molecule has 0 nitrogen and oxygen atoms in total. The second-order valence-corrected chi connectivity index (χ2v) is 5.90. The average molecular weight is 270 g/mol. The summed E-state index contributed by atoms with van der Waals surface area (Å²) in [7, 11) is 0. The van der Waals surface area contributed by atoms with Crippen molar-refractivity contribution in [1.29, 1.82) is 0 Å². The number of fused-ring (bicyclic) bond motifs is 2. The van der Waals surface area contributed by atoms with Crippen LogP contribution in [-0.4, -0.2) is 0 Å². The molecule has 0 aliphatic heterocycles. The molecular weight excluding hydrogens is 252 g/mol. The van der Waals surface area contributed by atoms with Crippen LogP contribution in [-0.2, 0) is 0 Å². The highest BCUT2D eigenvalue weighted by Gasteiger charge is 2.28. The number of rotatable bonds is 1. The molecule has 0 amide bonds. The number of benzene rings is 3. The Morgan fingerprint density at radius 2 is 1.33 bits per heavy atom. The van der Waals surface area contributed by atoms with Gasteiger partial charge in [-0.1, -0.05) is 72.3 Å². The lowest BCUT2D eigenvalue weighted by Gasteiger charge is -2.17. The lowest BCUT2D eigenvalue weighted by Crippen LogP contribution is -2.00. The molecule has 1 unspecified atom stereocenters. The topological polar surface area (TPSA) is 0 Å². The molecule has 0 saturated heterocycles. The summed E-state index contributed by atoms with van der Waals surface area (Å²) in [5, 5.41) is 2.69. The van der Waals surface area contributed by atoms with E-state index in [1.165, 1.54) is 38.6 Å². The molecule has 1 atom stereocenters. The smallest absolute Gasteiger partial charge is 0.0314 e. The Morgan fingerprint density at radius 3 is 2.24 bits per heavy atom. The van der Waals surface area contributed by atoms with Gasteiger partial charge in [0.15, 0.2) is 0 Å². The lowest BCUT2D eigenvalue weighted by molar-refractivity contribution is 0.986. The van der Waals surface area contributed by atoms with Crippen LogP contribution in [0.4, 0.5) is 0 Å². The first kappa shape index (κ1) is 12.4. The van der Waals surface area contributed by atoms with Crippen LogP contribution in [0.1, 0.15) is 36.5 Å². The maximum Gasteiger partial charge on any atom is 0.0314 e. The van der Waals surface area contributed by atoms with Crippen molar-refractivity contribution in [1.82, 2.24) is 0 Å². The monoisotopic (exact) mass is 270 g/mol.